The molecule has 2 unspecified atom stereocenters. The number of allylic oxidation sites excluding steroid dienone is 1. The van der Waals surface area contributed by atoms with Crippen molar-refractivity contribution in [2.75, 3.05) is 5.75 Å². The van der Waals surface area contributed by atoms with E-state index in [0.29, 0.717) is 21.0 Å². The summed E-state index contributed by atoms with van der Waals surface area (Å²) in [6.07, 6.45) is 1.84. The molecule has 2 atom stereocenters. The summed E-state index contributed by atoms with van der Waals surface area (Å²) >= 11 is 13.0. The first-order valence-corrected chi connectivity index (χ1v) is 14.9. The third-order valence-corrected chi connectivity index (χ3v) is 10.9. The highest BCUT2D eigenvalue weighted by Gasteiger charge is 2.53. The lowest BCUT2D eigenvalue weighted by atomic mass is 10.0. The zero-order valence-electron chi connectivity index (χ0n) is 17.6. The van der Waals surface area contributed by atoms with Crippen LogP contribution in [0.2, 0.25) is 4.34 Å². The molecular weight excluding hydrogens is 568 g/mol. The van der Waals surface area contributed by atoms with Crippen LogP contribution in [-0.2, 0) is 20.8 Å². The van der Waals surface area contributed by atoms with Crippen molar-refractivity contribution in [2.24, 2.45) is 0 Å². The van der Waals surface area contributed by atoms with E-state index in [4.69, 9.17) is 11.6 Å². The van der Waals surface area contributed by atoms with Gasteiger partial charge in [0.2, 0.25) is 5.91 Å². The van der Waals surface area contributed by atoms with Gasteiger partial charge in [-0.1, -0.05) is 29.4 Å². The van der Waals surface area contributed by atoms with Gasteiger partial charge < -0.3 is 10.4 Å². The molecule has 35 heavy (non-hydrogen) atoms. The predicted molar refractivity (Wildman–Crippen MR) is 144 cm³/mol. The van der Waals surface area contributed by atoms with Gasteiger partial charge >= 0.3 is 5.97 Å². The normalized spacial score (nSPS) is 19.8. The number of halogens is 1. The van der Waals surface area contributed by atoms with Gasteiger partial charge in [0.15, 0.2) is 5.43 Å². The van der Waals surface area contributed by atoms with Crippen LogP contribution in [0.1, 0.15) is 4.88 Å². The molecule has 180 valence electrons. The molecule has 3 aromatic heterocycles. The van der Waals surface area contributed by atoms with Gasteiger partial charge in [0.25, 0.3) is 5.91 Å². The molecule has 0 bridgehead atoms. The largest absolute Gasteiger partial charge is 0.477 e. The molecule has 3 aromatic rings. The zero-order valence-corrected chi connectivity index (χ0v) is 22.4. The molecule has 0 aromatic carbocycles. The van der Waals surface area contributed by atoms with Crippen molar-refractivity contribution >= 4 is 96.3 Å². The standard InChI is InChI=1S/C22H15ClN2O5S5/c23-14-7-12-13(26)8-16(35-22(12)34-14)32-5-3-10-9-33-20-17(19(28)25(20)18(10)21(29)30)24-15(27)6-11-2-1-4-31-11/h1-5,7-8,17,20H,6,9H2,(H,24,27)(H,29,30)/b5-3+. The average molecular weight is 583 g/mol. The van der Waals surface area contributed by atoms with Crippen LogP contribution in [-0.4, -0.2) is 45.0 Å². The van der Waals surface area contributed by atoms with Gasteiger partial charge in [-0.15, -0.1) is 45.8 Å². The van der Waals surface area contributed by atoms with E-state index in [0.717, 1.165) is 13.1 Å². The van der Waals surface area contributed by atoms with E-state index in [1.54, 1.807) is 17.6 Å². The first kappa shape index (κ1) is 24.6. The number of thioether (sulfide) groups is 2. The Morgan fingerprint density at radius 3 is 2.86 bits per heavy atom. The number of carboxylic acid groups (broad SMARTS) is 1. The number of nitrogens with one attached hydrogen (secondary N) is 1. The molecular formula is C22H15ClN2O5S5. The van der Waals surface area contributed by atoms with Crippen molar-refractivity contribution < 1.29 is 19.5 Å². The maximum absolute atomic E-state index is 12.8. The first-order valence-electron chi connectivity index (χ1n) is 10.1. The second kappa shape index (κ2) is 10.1. The van der Waals surface area contributed by atoms with E-state index in [1.807, 2.05) is 17.5 Å². The summed E-state index contributed by atoms with van der Waals surface area (Å²) in [5, 5.41) is 16.3. The molecule has 7 nitrogen and oxygen atoms in total. The van der Waals surface area contributed by atoms with Crippen molar-refractivity contribution in [3.63, 3.8) is 0 Å². The summed E-state index contributed by atoms with van der Waals surface area (Å²) in [6.45, 7) is 0. The van der Waals surface area contributed by atoms with E-state index in [1.165, 1.54) is 68.5 Å². The van der Waals surface area contributed by atoms with Crippen LogP contribution >= 0.6 is 69.1 Å². The van der Waals surface area contributed by atoms with Crippen molar-refractivity contribution in [1.82, 2.24) is 10.2 Å². The summed E-state index contributed by atoms with van der Waals surface area (Å²) in [5.74, 6) is -1.52. The number of carbonyl (C=O) groups excluding carboxylic acids is 2. The fraction of sp³-hybridized carbons (Fsp3) is 0.182. The molecule has 0 saturated carbocycles. The third-order valence-electron chi connectivity index (χ3n) is 5.26. The minimum absolute atomic E-state index is 0.0759. The molecule has 1 fully saturated rings. The topological polar surface area (TPSA) is 104 Å². The van der Waals surface area contributed by atoms with E-state index < -0.39 is 23.3 Å². The van der Waals surface area contributed by atoms with Gasteiger partial charge in [0.05, 0.1) is 24.4 Å². The Hall–Kier alpha value is -2.09. The van der Waals surface area contributed by atoms with Crippen LogP contribution in [0.5, 0.6) is 0 Å². The zero-order chi connectivity index (χ0) is 24.7. The number of carboxylic acids is 1. The second-order valence-electron chi connectivity index (χ2n) is 7.49. The Kier molecular flexibility index (Phi) is 7.11. The van der Waals surface area contributed by atoms with E-state index in [-0.39, 0.29) is 23.5 Å². The fourth-order valence-corrected chi connectivity index (χ4v) is 9.46. The van der Waals surface area contributed by atoms with Crippen LogP contribution < -0.4 is 10.7 Å². The monoisotopic (exact) mass is 582 g/mol. The van der Waals surface area contributed by atoms with E-state index >= 15 is 0 Å². The summed E-state index contributed by atoms with van der Waals surface area (Å²) in [4.78, 5) is 51.6. The second-order valence-corrected chi connectivity index (χ2v) is 13.8. The summed E-state index contributed by atoms with van der Waals surface area (Å²) in [6, 6.07) is 6.15. The minimum Gasteiger partial charge on any atom is -0.477 e. The van der Waals surface area contributed by atoms with Crippen LogP contribution in [0.15, 0.2) is 61.4 Å². The van der Waals surface area contributed by atoms with Crippen LogP contribution in [0, 0.1) is 0 Å². The molecule has 2 N–H and O–H groups in total. The van der Waals surface area contributed by atoms with Crippen LogP contribution in [0.3, 0.4) is 0 Å². The number of amides is 2. The van der Waals surface area contributed by atoms with Crippen LogP contribution in [0.4, 0.5) is 0 Å². The molecule has 13 heteroatoms. The van der Waals surface area contributed by atoms with Crippen molar-refractivity contribution in [2.45, 2.75) is 22.0 Å². The molecule has 2 amide bonds. The highest BCUT2D eigenvalue weighted by atomic mass is 35.5. The van der Waals surface area contributed by atoms with Gasteiger partial charge in [-0.2, -0.15) is 0 Å². The lowest BCUT2D eigenvalue weighted by molar-refractivity contribution is -0.150. The quantitative estimate of drug-likeness (QED) is 0.309. The number of carbonyl (C=O) groups is 3. The number of aliphatic carboxylic acids is 1. The summed E-state index contributed by atoms with van der Waals surface area (Å²) in [5.41, 5.74) is 0.307. The van der Waals surface area contributed by atoms with Gasteiger partial charge in [0, 0.05) is 16.7 Å². The fourth-order valence-electron chi connectivity index (χ4n) is 3.71. The smallest absolute Gasteiger partial charge is 0.352 e. The van der Waals surface area contributed by atoms with E-state index in [9.17, 15) is 24.3 Å². The molecule has 5 rings (SSSR count). The molecule has 1 saturated heterocycles. The summed E-state index contributed by atoms with van der Waals surface area (Å²) in [7, 11) is 0. The third kappa shape index (κ3) is 4.95. The van der Waals surface area contributed by atoms with Gasteiger partial charge in [-0.25, -0.2) is 4.79 Å². The van der Waals surface area contributed by atoms with Crippen molar-refractivity contribution in [3.8, 4) is 0 Å². The number of hydrogen-bond acceptors (Lipinski definition) is 9. The number of hydrogen-bond donors (Lipinski definition) is 2. The molecule has 0 radical (unpaired) electrons. The summed E-state index contributed by atoms with van der Waals surface area (Å²) < 4.78 is 2.14. The lowest BCUT2D eigenvalue weighted by Gasteiger charge is -2.49. The lowest BCUT2D eigenvalue weighted by Crippen LogP contribution is -2.70. The molecule has 5 heterocycles. The Morgan fingerprint density at radius 2 is 2.11 bits per heavy atom. The Bertz CT molecular complexity index is 1460. The molecule has 0 aliphatic carbocycles. The highest BCUT2D eigenvalue weighted by Crippen LogP contribution is 2.41. The van der Waals surface area contributed by atoms with Crippen LogP contribution in [0.25, 0.3) is 9.40 Å². The minimum atomic E-state index is -1.20. The maximum Gasteiger partial charge on any atom is 0.352 e. The van der Waals surface area contributed by atoms with Gasteiger partial charge in [-0.05, 0) is 34.6 Å². The number of β-lactam (4-membered cyclic amide) rings is 1. The van der Waals surface area contributed by atoms with Gasteiger partial charge in [-0.3, -0.25) is 19.3 Å². The SMILES string of the molecule is O=C(Cc1cccs1)NC1C(=O)N2C(C(=O)O)=C(/C=C/Sc3cc(=O)c4cc(Cl)sc4s3)CSC12. The average Bonchev–Trinajstić information content (AvgIpc) is 3.46. The van der Waals surface area contributed by atoms with E-state index in [2.05, 4.69) is 5.32 Å². The number of rotatable bonds is 7. The van der Waals surface area contributed by atoms with Crippen molar-refractivity contribution in [1.29, 1.82) is 0 Å². The number of fused-ring (bicyclic) bond motifs is 2. The molecule has 2 aliphatic rings. The van der Waals surface area contributed by atoms with Gasteiger partial charge in [0.1, 0.15) is 17.1 Å². The Morgan fingerprint density at radius 1 is 1.29 bits per heavy atom. The molecule has 0 spiro atoms. The number of thiophene rings is 2. The molecule has 2 aliphatic heterocycles. The highest BCUT2D eigenvalue weighted by molar-refractivity contribution is 8.04. The first-order chi connectivity index (χ1) is 16.8. The Labute approximate surface area is 224 Å². The maximum atomic E-state index is 12.8. The van der Waals surface area contributed by atoms with Crippen molar-refractivity contribution in [3.05, 3.63) is 71.8 Å². The Balaban J connectivity index is 1.30. The predicted octanol–water partition coefficient (Wildman–Crippen LogP) is 4.63. The number of nitrogens with zero attached hydrogens (tertiary/aromatic N) is 1.